The summed E-state index contributed by atoms with van der Waals surface area (Å²) in [7, 11) is 0. The fourth-order valence-electron chi connectivity index (χ4n) is 1.95. The normalized spacial score (nSPS) is 10.6. The maximum atomic E-state index is 6.44. The third-order valence-electron chi connectivity index (χ3n) is 2.80. The predicted molar refractivity (Wildman–Crippen MR) is 72.2 cm³/mol. The summed E-state index contributed by atoms with van der Waals surface area (Å²) in [6, 6.07) is 18.0. The van der Waals surface area contributed by atoms with Gasteiger partial charge in [0.15, 0.2) is 0 Å². The van der Waals surface area contributed by atoms with E-state index in [0.717, 1.165) is 27.1 Å². The molecule has 2 aromatic carbocycles. The molecule has 0 unspecified atom stereocenters. The number of benzene rings is 2. The molecule has 3 rings (SSSR count). The zero-order valence-corrected chi connectivity index (χ0v) is 9.85. The fourth-order valence-corrected chi connectivity index (χ4v) is 2.29. The molecule has 0 aliphatic rings. The van der Waals surface area contributed by atoms with Gasteiger partial charge in [0, 0.05) is 17.1 Å². The Morgan fingerprint density at radius 3 is 2.47 bits per heavy atom. The predicted octanol–water partition coefficient (Wildman–Crippen LogP) is 4.56. The Labute approximate surface area is 105 Å². The molecular formula is C15H10ClN. The van der Waals surface area contributed by atoms with Crippen LogP contribution in [0.4, 0.5) is 0 Å². The molecule has 0 saturated carbocycles. The van der Waals surface area contributed by atoms with Gasteiger partial charge in [0.2, 0.25) is 0 Å². The lowest BCUT2D eigenvalue weighted by molar-refractivity contribution is 1.33. The average molecular weight is 240 g/mol. The first-order valence-corrected chi connectivity index (χ1v) is 5.83. The number of hydrogen-bond donors (Lipinski definition) is 0. The second-order valence-corrected chi connectivity index (χ2v) is 4.24. The lowest BCUT2D eigenvalue weighted by atomic mass is 10.0. The lowest BCUT2D eigenvalue weighted by Gasteiger charge is -2.06. The van der Waals surface area contributed by atoms with Crippen molar-refractivity contribution in [2.75, 3.05) is 0 Å². The second kappa shape index (κ2) is 4.19. The molecule has 1 aromatic heterocycles. The van der Waals surface area contributed by atoms with Gasteiger partial charge in [-0.3, -0.25) is 4.98 Å². The molecule has 2 heteroatoms. The monoisotopic (exact) mass is 239 g/mol. The highest BCUT2D eigenvalue weighted by molar-refractivity contribution is 6.38. The van der Waals surface area contributed by atoms with Crippen LogP contribution in [0.15, 0.2) is 60.8 Å². The van der Waals surface area contributed by atoms with Crippen molar-refractivity contribution in [3.8, 4) is 11.3 Å². The van der Waals surface area contributed by atoms with Crippen LogP contribution in [0, 0.1) is 0 Å². The molecule has 0 atom stereocenters. The number of pyridine rings is 1. The van der Waals surface area contributed by atoms with Crippen LogP contribution in [0.2, 0.25) is 5.02 Å². The van der Waals surface area contributed by atoms with E-state index in [2.05, 4.69) is 17.1 Å². The Bertz CT molecular complexity index is 662. The number of nitrogens with zero attached hydrogens (tertiary/aromatic N) is 1. The summed E-state index contributed by atoms with van der Waals surface area (Å²) in [5.74, 6) is 0. The molecule has 0 spiro atoms. The van der Waals surface area contributed by atoms with E-state index < -0.39 is 0 Å². The minimum absolute atomic E-state index is 0.766. The average Bonchev–Trinajstić information content (AvgIpc) is 2.40. The summed E-state index contributed by atoms with van der Waals surface area (Å²) >= 11 is 6.44. The molecule has 0 radical (unpaired) electrons. The van der Waals surface area contributed by atoms with E-state index in [1.807, 2.05) is 42.5 Å². The van der Waals surface area contributed by atoms with Gasteiger partial charge >= 0.3 is 0 Å². The highest BCUT2D eigenvalue weighted by Gasteiger charge is 2.07. The van der Waals surface area contributed by atoms with Gasteiger partial charge in [-0.15, -0.1) is 0 Å². The summed E-state index contributed by atoms with van der Waals surface area (Å²) in [6.07, 6.45) is 1.78. The van der Waals surface area contributed by atoms with E-state index >= 15 is 0 Å². The van der Waals surface area contributed by atoms with E-state index in [1.165, 1.54) is 0 Å². The van der Waals surface area contributed by atoms with Gasteiger partial charge in [0.05, 0.1) is 10.7 Å². The zero-order valence-electron chi connectivity index (χ0n) is 9.10. The molecule has 0 aliphatic heterocycles. The van der Waals surface area contributed by atoms with Crippen LogP contribution >= 0.6 is 11.6 Å². The second-order valence-electron chi connectivity index (χ2n) is 3.86. The molecule has 0 bridgehead atoms. The van der Waals surface area contributed by atoms with Gasteiger partial charge < -0.3 is 0 Å². The van der Waals surface area contributed by atoms with Gasteiger partial charge in [-0.1, -0.05) is 54.1 Å². The maximum absolute atomic E-state index is 6.44. The van der Waals surface area contributed by atoms with Crippen LogP contribution in [0.3, 0.4) is 0 Å². The minimum atomic E-state index is 0.766. The number of fused-ring (bicyclic) bond motifs is 1. The van der Waals surface area contributed by atoms with Crippen molar-refractivity contribution in [1.29, 1.82) is 0 Å². The van der Waals surface area contributed by atoms with Crippen LogP contribution in [-0.4, -0.2) is 4.98 Å². The van der Waals surface area contributed by atoms with E-state index in [-0.39, 0.29) is 0 Å². The van der Waals surface area contributed by atoms with Gasteiger partial charge in [-0.25, -0.2) is 0 Å². The first-order valence-electron chi connectivity index (χ1n) is 5.45. The zero-order chi connectivity index (χ0) is 11.7. The third-order valence-corrected chi connectivity index (χ3v) is 3.21. The van der Waals surface area contributed by atoms with E-state index in [1.54, 1.807) is 6.20 Å². The van der Waals surface area contributed by atoms with Crippen molar-refractivity contribution in [2.24, 2.45) is 0 Å². The standard InChI is InChI=1S/C15H10ClN/c16-15-12-6-2-1-5-11(12)8-9-13(15)14-7-3-4-10-17-14/h1-10H. The topological polar surface area (TPSA) is 12.9 Å². The van der Waals surface area contributed by atoms with Gasteiger partial charge in [-0.05, 0) is 17.5 Å². The van der Waals surface area contributed by atoms with Crippen LogP contribution < -0.4 is 0 Å². The van der Waals surface area contributed by atoms with E-state index in [9.17, 15) is 0 Å². The molecule has 0 fully saturated rings. The van der Waals surface area contributed by atoms with Crippen molar-refractivity contribution >= 4 is 22.4 Å². The summed E-state index contributed by atoms with van der Waals surface area (Å²) in [6.45, 7) is 0. The smallest absolute Gasteiger partial charge is 0.0717 e. The number of rotatable bonds is 1. The van der Waals surface area contributed by atoms with Crippen molar-refractivity contribution in [1.82, 2.24) is 4.98 Å². The van der Waals surface area contributed by atoms with E-state index in [4.69, 9.17) is 11.6 Å². The Balaban J connectivity index is 2.29. The quantitative estimate of drug-likeness (QED) is 0.607. The third kappa shape index (κ3) is 1.79. The molecule has 0 N–H and O–H groups in total. The molecule has 0 saturated heterocycles. The summed E-state index contributed by atoms with van der Waals surface area (Å²) in [5, 5.41) is 2.98. The molecule has 82 valence electrons. The highest BCUT2D eigenvalue weighted by atomic mass is 35.5. The van der Waals surface area contributed by atoms with E-state index in [0.29, 0.717) is 0 Å². The van der Waals surface area contributed by atoms with Gasteiger partial charge in [0.25, 0.3) is 0 Å². The maximum Gasteiger partial charge on any atom is 0.0717 e. The van der Waals surface area contributed by atoms with Crippen LogP contribution in [0.1, 0.15) is 0 Å². The Morgan fingerprint density at radius 2 is 1.65 bits per heavy atom. The lowest BCUT2D eigenvalue weighted by Crippen LogP contribution is -1.84. The molecule has 17 heavy (non-hydrogen) atoms. The first kappa shape index (κ1) is 10.3. The van der Waals surface area contributed by atoms with Crippen molar-refractivity contribution in [3.05, 3.63) is 65.8 Å². The highest BCUT2D eigenvalue weighted by Crippen LogP contribution is 2.32. The molecular weight excluding hydrogens is 230 g/mol. The van der Waals surface area contributed by atoms with Crippen molar-refractivity contribution in [3.63, 3.8) is 0 Å². The Hall–Kier alpha value is -1.86. The van der Waals surface area contributed by atoms with Crippen molar-refractivity contribution in [2.45, 2.75) is 0 Å². The van der Waals surface area contributed by atoms with Crippen LogP contribution in [0.25, 0.3) is 22.0 Å². The molecule has 0 aliphatic carbocycles. The van der Waals surface area contributed by atoms with Crippen LogP contribution in [-0.2, 0) is 0 Å². The van der Waals surface area contributed by atoms with Crippen LogP contribution in [0.5, 0.6) is 0 Å². The Morgan fingerprint density at radius 1 is 0.824 bits per heavy atom. The fraction of sp³-hybridized carbons (Fsp3) is 0. The Kier molecular flexibility index (Phi) is 2.54. The SMILES string of the molecule is Clc1c(-c2ccccn2)ccc2ccccc12. The van der Waals surface area contributed by atoms with Crippen molar-refractivity contribution < 1.29 is 0 Å². The first-order chi connectivity index (χ1) is 8.36. The molecule has 0 amide bonds. The molecule has 3 aromatic rings. The number of aromatic nitrogens is 1. The van der Waals surface area contributed by atoms with Gasteiger partial charge in [-0.2, -0.15) is 0 Å². The largest absolute Gasteiger partial charge is 0.256 e. The van der Waals surface area contributed by atoms with Gasteiger partial charge in [0.1, 0.15) is 0 Å². The number of halogens is 1. The summed E-state index contributed by atoms with van der Waals surface area (Å²) in [5.41, 5.74) is 1.88. The molecule has 1 nitrogen and oxygen atoms in total. The summed E-state index contributed by atoms with van der Waals surface area (Å²) < 4.78 is 0. The summed E-state index contributed by atoms with van der Waals surface area (Å²) in [4.78, 5) is 4.33. The molecule has 1 heterocycles. The minimum Gasteiger partial charge on any atom is -0.256 e. The number of hydrogen-bond acceptors (Lipinski definition) is 1.